The van der Waals surface area contributed by atoms with Gasteiger partial charge in [-0.1, -0.05) is 35.5 Å². The largest absolute Gasteiger partial charge is 0.486 e. The molecule has 2 aromatic carbocycles. The Morgan fingerprint density at radius 1 is 1.11 bits per heavy atom. The van der Waals surface area contributed by atoms with Crippen LogP contribution < -0.4 is 20.3 Å². The maximum absolute atomic E-state index is 12.6. The summed E-state index contributed by atoms with van der Waals surface area (Å²) in [4.78, 5) is 24.8. The molecule has 138 valence electrons. The molecule has 4 rings (SSSR count). The maximum atomic E-state index is 12.6. The van der Waals surface area contributed by atoms with Crippen LogP contribution in [0.15, 0.2) is 47.3 Å². The summed E-state index contributed by atoms with van der Waals surface area (Å²) in [5.41, 5.74) is 1.15. The summed E-state index contributed by atoms with van der Waals surface area (Å²) < 4.78 is 12.0. The van der Waals surface area contributed by atoms with Gasteiger partial charge < -0.3 is 14.8 Å². The highest BCUT2D eigenvalue weighted by atomic mass is 16.6. The Morgan fingerprint density at radius 3 is 2.63 bits per heavy atom. The first-order valence-electron chi connectivity index (χ1n) is 8.68. The number of ether oxygens (including phenoxy) is 2. The molecule has 0 saturated heterocycles. The Kier molecular flexibility index (Phi) is 4.69. The van der Waals surface area contributed by atoms with Crippen LogP contribution in [0.25, 0.3) is 10.9 Å². The summed E-state index contributed by atoms with van der Waals surface area (Å²) in [5.74, 6) is 0.746. The minimum Gasteiger partial charge on any atom is -0.486 e. The molecule has 0 saturated carbocycles. The van der Waals surface area contributed by atoms with Gasteiger partial charge in [0.25, 0.3) is 5.56 Å². The number of carbonyl (C=O) groups is 1. The van der Waals surface area contributed by atoms with Gasteiger partial charge in [-0.25, -0.2) is 4.68 Å². The molecule has 1 N–H and O–H groups in total. The lowest BCUT2D eigenvalue weighted by atomic mass is 10.1. The van der Waals surface area contributed by atoms with E-state index in [2.05, 4.69) is 15.6 Å². The second kappa shape index (κ2) is 7.45. The molecule has 1 amide bonds. The van der Waals surface area contributed by atoms with E-state index in [0.717, 1.165) is 10.2 Å². The van der Waals surface area contributed by atoms with Crippen molar-refractivity contribution in [2.45, 2.75) is 13.0 Å². The van der Waals surface area contributed by atoms with Gasteiger partial charge in [-0.3, -0.25) is 9.59 Å². The van der Waals surface area contributed by atoms with Crippen molar-refractivity contribution in [2.24, 2.45) is 0 Å². The highest BCUT2D eigenvalue weighted by Crippen LogP contribution is 2.32. The predicted molar refractivity (Wildman–Crippen MR) is 97.9 cm³/mol. The summed E-state index contributed by atoms with van der Waals surface area (Å²) in [6.07, 6.45) is 0.717. The van der Waals surface area contributed by atoms with E-state index < -0.39 is 5.56 Å². The van der Waals surface area contributed by atoms with E-state index in [1.54, 1.807) is 12.1 Å². The Hall–Kier alpha value is -3.42. The third-order valence-corrected chi connectivity index (χ3v) is 4.26. The number of hydrogen-bond donors (Lipinski definition) is 1. The summed E-state index contributed by atoms with van der Waals surface area (Å²) >= 11 is 0. The maximum Gasteiger partial charge on any atom is 0.278 e. The van der Waals surface area contributed by atoms with E-state index in [-0.39, 0.29) is 12.5 Å². The molecule has 0 aliphatic carbocycles. The summed E-state index contributed by atoms with van der Waals surface area (Å²) in [6, 6.07) is 13.1. The lowest BCUT2D eigenvalue weighted by molar-refractivity contribution is -0.121. The quantitative estimate of drug-likeness (QED) is 0.722. The van der Waals surface area contributed by atoms with Gasteiger partial charge >= 0.3 is 0 Å². The van der Waals surface area contributed by atoms with Crippen LogP contribution in [0.3, 0.4) is 0 Å². The predicted octanol–water partition coefficient (Wildman–Crippen LogP) is 0.922. The number of rotatable bonds is 5. The second-order valence-electron chi connectivity index (χ2n) is 6.15. The van der Waals surface area contributed by atoms with Gasteiger partial charge in [0.15, 0.2) is 11.5 Å². The number of hydrogen-bond acceptors (Lipinski definition) is 6. The molecule has 0 radical (unpaired) electrons. The van der Waals surface area contributed by atoms with Gasteiger partial charge in [-0.2, -0.15) is 0 Å². The van der Waals surface area contributed by atoms with Crippen molar-refractivity contribution < 1.29 is 14.3 Å². The van der Waals surface area contributed by atoms with Gasteiger partial charge in [0.2, 0.25) is 5.91 Å². The Labute approximate surface area is 154 Å². The number of fused-ring (bicyclic) bond motifs is 2. The summed E-state index contributed by atoms with van der Waals surface area (Å²) in [5, 5.41) is 11.0. The SMILES string of the molecule is O=C(Cn1nnc2cc3c(cc2c1=O)OCCO3)NCCc1ccccc1. The fourth-order valence-corrected chi connectivity index (χ4v) is 2.90. The number of nitrogens with one attached hydrogen (secondary N) is 1. The van der Waals surface area contributed by atoms with Crippen molar-refractivity contribution in [3.8, 4) is 11.5 Å². The van der Waals surface area contributed by atoms with Crippen molar-refractivity contribution in [2.75, 3.05) is 19.8 Å². The highest BCUT2D eigenvalue weighted by molar-refractivity contribution is 5.82. The van der Waals surface area contributed by atoms with E-state index in [0.29, 0.717) is 48.6 Å². The normalized spacial score (nSPS) is 12.7. The first kappa shape index (κ1) is 17.0. The van der Waals surface area contributed by atoms with Crippen LogP contribution in [-0.2, 0) is 17.8 Å². The number of aromatic nitrogens is 3. The van der Waals surface area contributed by atoms with E-state index in [4.69, 9.17) is 9.47 Å². The van der Waals surface area contributed by atoms with E-state index >= 15 is 0 Å². The van der Waals surface area contributed by atoms with Crippen LogP contribution in [0.5, 0.6) is 11.5 Å². The van der Waals surface area contributed by atoms with Crippen molar-refractivity contribution in [1.82, 2.24) is 20.3 Å². The van der Waals surface area contributed by atoms with Crippen molar-refractivity contribution in [1.29, 1.82) is 0 Å². The zero-order valence-corrected chi connectivity index (χ0v) is 14.6. The topological polar surface area (TPSA) is 95.3 Å². The molecular weight excluding hydrogens is 348 g/mol. The lowest BCUT2D eigenvalue weighted by Crippen LogP contribution is -2.35. The third-order valence-electron chi connectivity index (χ3n) is 4.26. The fraction of sp³-hybridized carbons (Fsp3) is 0.263. The third kappa shape index (κ3) is 3.74. The van der Waals surface area contributed by atoms with Crippen LogP contribution in [0.2, 0.25) is 0 Å². The minimum absolute atomic E-state index is 0.189. The number of carbonyl (C=O) groups excluding carboxylic acids is 1. The highest BCUT2D eigenvalue weighted by Gasteiger charge is 2.16. The average molecular weight is 366 g/mol. The lowest BCUT2D eigenvalue weighted by Gasteiger charge is -2.18. The van der Waals surface area contributed by atoms with Gasteiger partial charge in [0.05, 0.1) is 5.39 Å². The van der Waals surface area contributed by atoms with Crippen LogP contribution in [0.4, 0.5) is 0 Å². The Balaban J connectivity index is 1.46. The molecule has 0 unspecified atom stereocenters. The molecule has 3 aromatic rings. The molecule has 0 atom stereocenters. The smallest absolute Gasteiger partial charge is 0.278 e. The van der Waals surface area contributed by atoms with Gasteiger partial charge in [0.1, 0.15) is 25.3 Å². The van der Waals surface area contributed by atoms with E-state index in [1.165, 1.54) is 0 Å². The van der Waals surface area contributed by atoms with Gasteiger partial charge in [-0.05, 0) is 18.1 Å². The molecule has 27 heavy (non-hydrogen) atoms. The summed E-state index contributed by atoms with van der Waals surface area (Å²) in [6.45, 7) is 1.17. The first-order chi connectivity index (χ1) is 13.2. The van der Waals surface area contributed by atoms with Gasteiger partial charge in [-0.15, -0.1) is 5.10 Å². The molecule has 1 aromatic heterocycles. The van der Waals surface area contributed by atoms with Crippen LogP contribution >= 0.6 is 0 Å². The first-order valence-corrected chi connectivity index (χ1v) is 8.68. The van der Waals surface area contributed by atoms with Crippen LogP contribution in [0, 0.1) is 0 Å². The van der Waals surface area contributed by atoms with E-state index in [1.807, 2.05) is 30.3 Å². The van der Waals surface area contributed by atoms with E-state index in [9.17, 15) is 9.59 Å². The standard InChI is InChI=1S/C19H18N4O4/c24-18(20-7-6-13-4-2-1-3-5-13)12-23-19(25)14-10-16-17(27-9-8-26-16)11-15(14)21-22-23/h1-5,10-11H,6-9,12H2,(H,20,24). The van der Waals surface area contributed by atoms with Crippen molar-refractivity contribution in [3.05, 3.63) is 58.4 Å². The molecular formula is C19H18N4O4. The van der Waals surface area contributed by atoms with Crippen molar-refractivity contribution >= 4 is 16.8 Å². The number of benzene rings is 2. The molecule has 8 heteroatoms. The zero-order chi connectivity index (χ0) is 18.6. The molecule has 0 bridgehead atoms. The average Bonchev–Trinajstić information content (AvgIpc) is 2.70. The molecule has 1 aliphatic heterocycles. The minimum atomic E-state index is -0.393. The number of amides is 1. The number of nitrogens with zero attached hydrogens (tertiary/aromatic N) is 3. The Bertz CT molecular complexity index is 1030. The zero-order valence-electron chi connectivity index (χ0n) is 14.6. The summed E-state index contributed by atoms with van der Waals surface area (Å²) in [7, 11) is 0. The second-order valence-corrected chi connectivity index (χ2v) is 6.15. The van der Waals surface area contributed by atoms with Gasteiger partial charge in [0, 0.05) is 12.6 Å². The fourth-order valence-electron chi connectivity index (χ4n) is 2.90. The molecule has 8 nitrogen and oxygen atoms in total. The van der Waals surface area contributed by atoms with Crippen LogP contribution in [-0.4, -0.2) is 40.7 Å². The molecule has 1 aliphatic rings. The molecule has 2 heterocycles. The van der Waals surface area contributed by atoms with Crippen LogP contribution in [0.1, 0.15) is 5.56 Å². The van der Waals surface area contributed by atoms with Crippen molar-refractivity contribution in [3.63, 3.8) is 0 Å². The molecule has 0 fully saturated rings. The molecule has 0 spiro atoms. The Morgan fingerprint density at radius 2 is 1.85 bits per heavy atom. The monoisotopic (exact) mass is 366 g/mol.